The Labute approximate surface area is 110 Å². The number of hydrogen-bond donors (Lipinski definition) is 1. The van der Waals surface area contributed by atoms with Crippen LogP contribution < -0.4 is 5.73 Å². The SMILES string of the molecule is CCC(CN)N1CCN(Cc2cccnc2)CC1. The maximum atomic E-state index is 5.81. The van der Waals surface area contributed by atoms with Gasteiger partial charge in [0.25, 0.3) is 0 Å². The van der Waals surface area contributed by atoms with Crippen LogP contribution >= 0.6 is 0 Å². The van der Waals surface area contributed by atoms with E-state index in [0.717, 1.165) is 45.7 Å². The fourth-order valence-electron chi connectivity index (χ4n) is 2.61. The Hall–Kier alpha value is -0.970. The molecule has 1 atom stereocenters. The Morgan fingerprint density at radius 2 is 2.11 bits per heavy atom. The number of pyridine rings is 1. The predicted molar refractivity (Wildman–Crippen MR) is 74.2 cm³/mol. The average Bonchev–Trinajstić information content (AvgIpc) is 2.43. The number of hydrogen-bond acceptors (Lipinski definition) is 4. The zero-order chi connectivity index (χ0) is 12.8. The Kier molecular flexibility index (Phi) is 5.11. The molecule has 0 aliphatic carbocycles. The summed E-state index contributed by atoms with van der Waals surface area (Å²) in [5.74, 6) is 0. The summed E-state index contributed by atoms with van der Waals surface area (Å²) in [6.07, 6.45) is 4.94. The van der Waals surface area contributed by atoms with Crippen molar-refractivity contribution in [2.24, 2.45) is 5.73 Å². The van der Waals surface area contributed by atoms with Crippen LogP contribution in [0.25, 0.3) is 0 Å². The van der Waals surface area contributed by atoms with Crippen LogP contribution in [0.4, 0.5) is 0 Å². The van der Waals surface area contributed by atoms with Gasteiger partial charge >= 0.3 is 0 Å². The van der Waals surface area contributed by atoms with E-state index in [1.54, 1.807) is 0 Å². The van der Waals surface area contributed by atoms with Gasteiger partial charge < -0.3 is 5.73 Å². The van der Waals surface area contributed by atoms with Crippen molar-refractivity contribution in [2.75, 3.05) is 32.7 Å². The predicted octanol–water partition coefficient (Wildman–Crippen LogP) is 0.936. The van der Waals surface area contributed by atoms with Gasteiger partial charge in [-0.2, -0.15) is 0 Å². The summed E-state index contributed by atoms with van der Waals surface area (Å²) in [6.45, 7) is 8.54. The lowest BCUT2D eigenvalue weighted by atomic mass is 10.1. The van der Waals surface area contributed by atoms with Crippen LogP contribution in [0.3, 0.4) is 0 Å². The van der Waals surface area contributed by atoms with Crippen molar-refractivity contribution in [3.63, 3.8) is 0 Å². The zero-order valence-corrected chi connectivity index (χ0v) is 11.3. The zero-order valence-electron chi connectivity index (χ0n) is 11.3. The molecule has 1 aromatic heterocycles. The minimum absolute atomic E-state index is 0.561. The molecule has 18 heavy (non-hydrogen) atoms. The van der Waals surface area contributed by atoms with E-state index in [9.17, 15) is 0 Å². The van der Waals surface area contributed by atoms with Gasteiger partial charge in [-0.25, -0.2) is 0 Å². The van der Waals surface area contributed by atoms with Gasteiger partial charge in [0.05, 0.1) is 0 Å². The van der Waals surface area contributed by atoms with Crippen LogP contribution in [0.5, 0.6) is 0 Å². The maximum Gasteiger partial charge on any atom is 0.0312 e. The van der Waals surface area contributed by atoms with Crippen LogP contribution in [-0.2, 0) is 6.54 Å². The molecule has 1 aliphatic heterocycles. The topological polar surface area (TPSA) is 45.4 Å². The highest BCUT2D eigenvalue weighted by Crippen LogP contribution is 2.11. The van der Waals surface area contributed by atoms with Crippen molar-refractivity contribution in [3.8, 4) is 0 Å². The third kappa shape index (κ3) is 3.51. The van der Waals surface area contributed by atoms with Crippen LogP contribution in [0, 0.1) is 0 Å². The molecule has 4 heteroatoms. The second-order valence-corrected chi connectivity index (χ2v) is 4.97. The minimum Gasteiger partial charge on any atom is -0.329 e. The molecule has 2 heterocycles. The molecule has 0 bridgehead atoms. The van der Waals surface area contributed by atoms with Crippen molar-refractivity contribution >= 4 is 0 Å². The van der Waals surface area contributed by atoms with E-state index in [2.05, 4.69) is 27.8 Å². The lowest BCUT2D eigenvalue weighted by molar-refractivity contribution is 0.0926. The van der Waals surface area contributed by atoms with E-state index in [4.69, 9.17) is 5.73 Å². The molecule has 2 rings (SSSR count). The lowest BCUT2D eigenvalue weighted by Gasteiger charge is -2.38. The fraction of sp³-hybridized carbons (Fsp3) is 0.643. The maximum absolute atomic E-state index is 5.81. The molecule has 0 saturated carbocycles. The summed E-state index contributed by atoms with van der Waals surface area (Å²) in [5, 5.41) is 0. The van der Waals surface area contributed by atoms with Crippen molar-refractivity contribution in [2.45, 2.75) is 25.9 Å². The third-order valence-corrected chi connectivity index (χ3v) is 3.80. The molecule has 100 valence electrons. The minimum atomic E-state index is 0.561. The molecule has 0 aromatic carbocycles. The number of piperazine rings is 1. The molecule has 0 amide bonds. The summed E-state index contributed by atoms with van der Waals surface area (Å²) >= 11 is 0. The summed E-state index contributed by atoms with van der Waals surface area (Å²) in [7, 11) is 0. The summed E-state index contributed by atoms with van der Waals surface area (Å²) in [5.41, 5.74) is 7.11. The quantitative estimate of drug-likeness (QED) is 0.842. The molecule has 0 spiro atoms. The largest absolute Gasteiger partial charge is 0.329 e. The first-order chi connectivity index (χ1) is 8.83. The molecule has 1 aliphatic rings. The highest BCUT2D eigenvalue weighted by molar-refractivity contribution is 5.08. The highest BCUT2D eigenvalue weighted by atomic mass is 15.3. The molecule has 1 fully saturated rings. The smallest absolute Gasteiger partial charge is 0.0312 e. The Morgan fingerprint density at radius 1 is 1.33 bits per heavy atom. The number of rotatable bonds is 5. The molecule has 2 N–H and O–H groups in total. The van der Waals surface area contributed by atoms with E-state index in [1.807, 2.05) is 18.5 Å². The molecular weight excluding hydrogens is 224 g/mol. The van der Waals surface area contributed by atoms with E-state index >= 15 is 0 Å². The van der Waals surface area contributed by atoms with E-state index in [-0.39, 0.29) is 0 Å². The molecule has 1 unspecified atom stereocenters. The van der Waals surface area contributed by atoms with Gasteiger partial charge in [-0.3, -0.25) is 14.8 Å². The molecular formula is C14H24N4. The first-order valence-electron chi connectivity index (χ1n) is 6.89. The first kappa shape index (κ1) is 13.5. The Balaban J connectivity index is 1.80. The van der Waals surface area contributed by atoms with Gasteiger partial charge in [0.1, 0.15) is 0 Å². The Morgan fingerprint density at radius 3 is 2.67 bits per heavy atom. The van der Waals surface area contributed by atoms with Gasteiger partial charge in [-0.15, -0.1) is 0 Å². The van der Waals surface area contributed by atoms with Gasteiger partial charge in [0.2, 0.25) is 0 Å². The van der Waals surface area contributed by atoms with Gasteiger partial charge in [0.15, 0.2) is 0 Å². The number of nitrogens with zero attached hydrogens (tertiary/aromatic N) is 3. The van der Waals surface area contributed by atoms with Crippen molar-refractivity contribution in [1.29, 1.82) is 0 Å². The average molecular weight is 248 g/mol. The van der Waals surface area contributed by atoms with Crippen LogP contribution in [0.15, 0.2) is 24.5 Å². The first-order valence-corrected chi connectivity index (χ1v) is 6.89. The standard InChI is InChI=1S/C14H24N4/c1-2-14(10-15)18-8-6-17(7-9-18)12-13-4-3-5-16-11-13/h3-5,11,14H,2,6-10,12,15H2,1H3. The number of aromatic nitrogens is 1. The second kappa shape index (κ2) is 6.83. The van der Waals surface area contributed by atoms with E-state index in [0.29, 0.717) is 6.04 Å². The van der Waals surface area contributed by atoms with Crippen LogP contribution in [0.1, 0.15) is 18.9 Å². The third-order valence-electron chi connectivity index (χ3n) is 3.80. The summed E-state index contributed by atoms with van der Waals surface area (Å²) in [4.78, 5) is 9.19. The van der Waals surface area contributed by atoms with Crippen LogP contribution in [-0.4, -0.2) is 53.5 Å². The lowest BCUT2D eigenvalue weighted by Crippen LogP contribution is -2.51. The molecule has 0 radical (unpaired) electrons. The Bertz CT molecular complexity index is 329. The summed E-state index contributed by atoms with van der Waals surface area (Å²) < 4.78 is 0. The summed E-state index contributed by atoms with van der Waals surface area (Å²) in [6, 6.07) is 4.71. The molecule has 1 saturated heterocycles. The van der Waals surface area contributed by atoms with Crippen molar-refractivity contribution in [1.82, 2.24) is 14.8 Å². The van der Waals surface area contributed by atoms with Crippen molar-refractivity contribution in [3.05, 3.63) is 30.1 Å². The highest BCUT2D eigenvalue weighted by Gasteiger charge is 2.21. The number of nitrogens with two attached hydrogens (primary N) is 1. The van der Waals surface area contributed by atoms with Gasteiger partial charge in [0, 0.05) is 57.7 Å². The molecule has 4 nitrogen and oxygen atoms in total. The normalized spacial score (nSPS) is 19.9. The van der Waals surface area contributed by atoms with Crippen molar-refractivity contribution < 1.29 is 0 Å². The van der Waals surface area contributed by atoms with Gasteiger partial charge in [-0.1, -0.05) is 13.0 Å². The van der Waals surface area contributed by atoms with E-state index in [1.165, 1.54) is 5.56 Å². The van der Waals surface area contributed by atoms with E-state index < -0.39 is 0 Å². The van der Waals surface area contributed by atoms with Crippen LogP contribution in [0.2, 0.25) is 0 Å². The fourth-order valence-corrected chi connectivity index (χ4v) is 2.61. The monoisotopic (exact) mass is 248 g/mol. The van der Waals surface area contributed by atoms with Gasteiger partial charge in [-0.05, 0) is 18.1 Å². The second-order valence-electron chi connectivity index (χ2n) is 4.97. The molecule has 1 aromatic rings.